The van der Waals surface area contributed by atoms with Gasteiger partial charge in [-0.25, -0.2) is 9.78 Å². The smallest absolute Gasteiger partial charge is 0.339 e. The van der Waals surface area contributed by atoms with Crippen molar-refractivity contribution in [1.29, 1.82) is 0 Å². The summed E-state index contributed by atoms with van der Waals surface area (Å²) in [5.41, 5.74) is 0.0386. The number of aryl methyl sites for hydroxylation is 1. The summed E-state index contributed by atoms with van der Waals surface area (Å²) in [6.07, 6.45) is 3.44. The average molecular weight is 267 g/mol. The molecule has 1 N–H and O–H groups in total. The maximum atomic E-state index is 11.0. The van der Waals surface area contributed by atoms with E-state index in [0.717, 1.165) is 0 Å². The van der Waals surface area contributed by atoms with Crippen molar-refractivity contribution in [3.8, 4) is 5.75 Å². The fourth-order valence-corrected chi connectivity index (χ4v) is 1.65. The van der Waals surface area contributed by atoms with E-state index in [1.807, 2.05) is 7.05 Å². The standard InChI is InChI=1S/C12H11ClN2O3/c1-15-5-4-14-11(15)7-18-10-3-2-8(13)6-9(10)12(16)17/h2-6H,7H2,1H3,(H,16,17). The number of hydrogen-bond donors (Lipinski definition) is 1. The second kappa shape index (κ2) is 5.10. The van der Waals surface area contributed by atoms with Gasteiger partial charge >= 0.3 is 5.97 Å². The number of ether oxygens (including phenoxy) is 1. The van der Waals surface area contributed by atoms with Crippen LogP contribution in [0.5, 0.6) is 5.75 Å². The van der Waals surface area contributed by atoms with Gasteiger partial charge in [0.2, 0.25) is 0 Å². The van der Waals surface area contributed by atoms with Crippen LogP contribution in [0.1, 0.15) is 16.2 Å². The molecule has 0 radical (unpaired) electrons. The molecule has 2 aromatic rings. The first kappa shape index (κ1) is 12.4. The molecule has 0 aliphatic rings. The van der Waals surface area contributed by atoms with E-state index in [0.29, 0.717) is 10.8 Å². The largest absolute Gasteiger partial charge is 0.485 e. The molecule has 0 aliphatic heterocycles. The van der Waals surface area contributed by atoms with Crippen molar-refractivity contribution in [1.82, 2.24) is 9.55 Å². The van der Waals surface area contributed by atoms with E-state index in [2.05, 4.69) is 4.98 Å². The lowest BCUT2D eigenvalue weighted by atomic mass is 10.2. The summed E-state index contributed by atoms with van der Waals surface area (Å²) in [5.74, 6) is -0.0940. The van der Waals surface area contributed by atoms with Gasteiger partial charge < -0.3 is 14.4 Å². The zero-order valence-electron chi connectivity index (χ0n) is 9.63. The van der Waals surface area contributed by atoms with Gasteiger partial charge in [-0.1, -0.05) is 11.6 Å². The van der Waals surface area contributed by atoms with Crippen molar-refractivity contribution in [2.45, 2.75) is 6.61 Å². The Kier molecular flexibility index (Phi) is 3.53. The number of halogens is 1. The number of nitrogens with zero attached hydrogens (tertiary/aromatic N) is 2. The first-order valence-electron chi connectivity index (χ1n) is 5.20. The van der Waals surface area contributed by atoms with E-state index in [-0.39, 0.29) is 17.9 Å². The van der Waals surface area contributed by atoms with Crippen LogP contribution < -0.4 is 4.74 Å². The van der Waals surface area contributed by atoms with Gasteiger partial charge in [0.15, 0.2) is 0 Å². The minimum Gasteiger partial charge on any atom is -0.485 e. The van der Waals surface area contributed by atoms with Crippen LogP contribution in [-0.2, 0) is 13.7 Å². The SMILES string of the molecule is Cn1ccnc1COc1ccc(Cl)cc1C(=O)O. The Labute approximate surface area is 109 Å². The molecule has 94 valence electrons. The van der Waals surface area contributed by atoms with Gasteiger partial charge in [0, 0.05) is 24.5 Å². The Morgan fingerprint density at radius 1 is 1.56 bits per heavy atom. The van der Waals surface area contributed by atoms with Crippen LogP contribution in [0.4, 0.5) is 0 Å². The van der Waals surface area contributed by atoms with Crippen LogP contribution in [0, 0.1) is 0 Å². The predicted octanol–water partition coefficient (Wildman–Crippen LogP) is 2.35. The molecule has 6 heteroatoms. The lowest BCUT2D eigenvalue weighted by Gasteiger charge is -2.09. The molecule has 0 amide bonds. The first-order chi connectivity index (χ1) is 8.58. The first-order valence-corrected chi connectivity index (χ1v) is 5.57. The van der Waals surface area contributed by atoms with Crippen LogP contribution in [0.15, 0.2) is 30.6 Å². The van der Waals surface area contributed by atoms with Gasteiger partial charge in [-0.2, -0.15) is 0 Å². The minimum atomic E-state index is -1.08. The second-order valence-corrected chi connectivity index (χ2v) is 4.13. The monoisotopic (exact) mass is 266 g/mol. The van der Waals surface area contributed by atoms with Crippen LogP contribution in [0.2, 0.25) is 5.02 Å². The highest BCUT2D eigenvalue weighted by Gasteiger charge is 2.12. The Morgan fingerprint density at radius 3 is 2.94 bits per heavy atom. The topological polar surface area (TPSA) is 64.4 Å². The summed E-state index contributed by atoms with van der Waals surface area (Å²) in [6.45, 7) is 0.200. The lowest BCUT2D eigenvalue weighted by molar-refractivity contribution is 0.0691. The Morgan fingerprint density at radius 2 is 2.33 bits per heavy atom. The Bertz CT molecular complexity index is 580. The van der Waals surface area contributed by atoms with Crippen molar-refractivity contribution in [2.75, 3.05) is 0 Å². The molecule has 0 spiro atoms. The van der Waals surface area contributed by atoms with Crippen molar-refractivity contribution < 1.29 is 14.6 Å². The number of carbonyl (C=O) groups is 1. The number of carboxylic acid groups (broad SMARTS) is 1. The average Bonchev–Trinajstić information content (AvgIpc) is 2.73. The van der Waals surface area contributed by atoms with E-state index in [4.69, 9.17) is 21.4 Å². The number of hydrogen-bond acceptors (Lipinski definition) is 3. The highest BCUT2D eigenvalue weighted by atomic mass is 35.5. The van der Waals surface area contributed by atoms with Gasteiger partial charge in [-0.3, -0.25) is 0 Å². The molecule has 0 saturated heterocycles. The maximum Gasteiger partial charge on any atom is 0.339 e. The molecule has 0 fully saturated rings. The van der Waals surface area contributed by atoms with Gasteiger partial charge in [0.25, 0.3) is 0 Å². The minimum absolute atomic E-state index is 0.0386. The third-order valence-electron chi connectivity index (χ3n) is 2.45. The summed E-state index contributed by atoms with van der Waals surface area (Å²) >= 11 is 5.75. The van der Waals surface area contributed by atoms with Crippen molar-refractivity contribution in [3.63, 3.8) is 0 Å². The molecular formula is C12H11ClN2O3. The van der Waals surface area contributed by atoms with Crippen LogP contribution in [-0.4, -0.2) is 20.6 Å². The van der Waals surface area contributed by atoms with E-state index in [1.165, 1.54) is 12.1 Å². The summed E-state index contributed by atoms with van der Waals surface area (Å²) in [7, 11) is 1.84. The van der Waals surface area contributed by atoms with E-state index >= 15 is 0 Å². The quantitative estimate of drug-likeness (QED) is 0.923. The van der Waals surface area contributed by atoms with Crippen molar-refractivity contribution >= 4 is 17.6 Å². The third-order valence-corrected chi connectivity index (χ3v) is 2.68. The molecule has 18 heavy (non-hydrogen) atoms. The molecule has 0 saturated carbocycles. The molecule has 0 atom stereocenters. The second-order valence-electron chi connectivity index (χ2n) is 3.69. The van der Waals surface area contributed by atoms with Crippen LogP contribution in [0.25, 0.3) is 0 Å². The Balaban J connectivity index is 2.19. The van der Waals surface area contributed by atoms with Crippen LogP contribution in [0.3, 0.4) is 0 Å². The Hall–Kier alpha value is -2.01. The highest BCUT2D eigenvalue weighted by molar-refractivity contribution is 6.31. The number of imidazole rings is 1. The molecule has 0 unspecified atom stereocenters. The maximum absolute atomic E-state index is 11.0. The molecule has 0 aliphatic carbocycles. The molecule has 2 rings (SSSR count). The number of aromatic carboxylic acids is 1. The number of rotatable bonds is 4. The molecular weight excluding hydrogens is 256 g/mol. The summed E-state index contributed by atoms with van der Waals surface area (Å²) in [6, 6.07) is 4.48. The zero-order chi connectivity index (χ0) is 13.1. The molecule has 0 bridgehead atoms. The van der Waals surface area contributed by atoms with E-state index in [1.54, 1.807) is 23.0 Å². The van der Waals surface area contributed by atoms with E-state index < -0.39 is 5.97 Å². The van der Waals surface area contributed by atoms with Crippen molar-refractivity contribution in [2.24, 2.45) is 7.05 Å². The fraction of sp³-hybridized carbons (Fsp3) is 0.167. The zero-order valence-corrected chi connectivity index (χ0v) is 10.4. The highest BCUT2D eigenvalue weighted by Crippen LogP contribution is 2.23. The summed E-state index contributed by atoms with van der Waals surface area (Å²) in [5, 5.41) is 9.40. The van der Waals surface area contributed by atoms with Gasteiger partial charge in [-0.15, -0.1) is 0 Å². The lowest BCUT2D eigenvalue weighted by Crippen LogP contribution is -2.06. The van der Waals surface area contributed by atoms with Crippen LogP contribution >= 0.6 is 11.6 Å². The van der Waals surface area contributed by atoms with Gasteiger partial charge in [-0.05, 0) is 18.2 Å². The number of carboxylic acids is 1. The molecule has 1 heterocycles. The summed E-state index contributed by atoms with van der Waals surface area (Å²) in [4.78, 5) is 15.1. The van der Waals surface area contributed by atoms with Crippen molar-refractivity contribution in [3.05, 3.63) is 47.0 Å². The number of aromatic nitrogens is 2. The third kappa shape index (κ3) is 2.62. The van der Waals surface area contributed by atoms with Gasteiger partial charge in [0.1, 0.15) is 23.7 Å². The normalized spacial score (nSPS) is 10.3. The van der Waals surface area contributed by atoms with Gasteiger partial charge in [0.05, 0.1) is 0 Å². The summed E-state index contributed by atoms with van der Waals surface area (Å²) < 4.78 is 7.26. The number of benzene rings is 1. The fourth-order valence-electron chi connectivity index (χ4n) is 1.47. The molecule has 1 aromatic carbocycles. The molecule has 1 aromatic heterocycles. The molecule has 5 nitrogen and oxygen atoms in total. The van der Waals surface area contributed by atoms with E-state index in [9.17, 15) is 4.79 Å². The predicted molar refractivity (Wildman–Crippen MR) is 66.0 cm³/mol.